The lowest BCUT2D eigenvalue weighted by atomic mass is 10.2. The van der Waals surface area contributed by atoms with E-state index in [-0.39, 0.29) is 5.54 Å². The number of rotatable bonds is 5. The summed E-state index contributed by atoms with van der Waals surface area (Å²) < 4.78 is 27.9. The Morgan fingerprint density at radius 2 is 2.25 bits per heavy atom. The maximum absolute atomic E-state index is 11.6. The van der Waals surface area contributed by atoms with Crippen LogP contribution in [-0.2, 0) is 4.74 Å². The van der Waals surface area contributed by atoms with E-state index in [1.54, 1.807) is 0 Å². The minimum atomic E-state index is -2.37. The number of halogens is 2. The third-order valence-electron chi connectivity index (χ3n) is 2.46. The largest absolute Gasteiger partial charge is 0.375 e. The summed E-state index contributed by atoms with van der Waals surface area (Å²) in [4.78, 5) is 0. The van der Waals surface area contributed by atoms with Crippen LogP contribution in [0, 0.1) is 5.92 Å². The fourth-order valence-corrected chi connectivity index (χ4v) is 1.29. The molecule has 0 aromatic rings. The summed E-state index contributed by atoms with van der Waals surface area (Å²) in [6, 6.07) is 0. The highest BCUT2D eigenvalue weighted by Gasteiger charge is 2.46. The van der Waals surface area contributed by atoms with E-state index < -0.39 is 13.0 Å². The molecule has 1 aliphatic rings. The van der Waals surface area contributed by atoms with Gasteiger partial charge in [-0.05, 0) is 18.8 Å². The minimum absolute atomic E-state index is 0.123. The van der Waals surface area contributed by atoms with Gasteiger partial charge in [-0.25, -0.2) is 8.78 Å². The molecule has 1 saturated carbocycles. The summed E-state index contributed by atoms with van der Waals surface area (Å²) in [7, 11) is 0. The molecule has 0 aliphatic heterocycles. The second-order valence-electron chi connectivity index (χ2n) is 3.55. The van der Waals surface area contributed by atoms with Crippen molar-refractivity contribution < 1.29 is 13.5 Å². The number of nitrogens with two attached hydrogens (primary N) is 1. The summed E-state index contributed by atoms with van der Waals surface area (Å²) in [6.07, 6.45) is -0.679. The fraction of sp³-hybridized carbons (Fsp3) is 1.00. The van der Waals surface area contributed by atoms with E-state index >= 15 is 0 Å². The van der Waals surface area contributed by atoms with Crippen molar-refractivity contribution in [1.29, 1.82) is 0 Å². The second-order valence-corrected chi connectivity index (χ2v) is 3.55. The van der Waals surface area contributed by atoms with Crippen molar-refractivity contribution >= 4 is 0 Å². The average Bonchev–Trinajstić information content (AvgIpc) is 2.53. The maximum atomic E-state index is 11.6. The van der Waals surface area contributed by atoms with Gasteiger partial charge in [0.1, 0.15) is 6.61 Å². The van der Waals surface area contributed by atoms with E-state index in [0.717, 1.165) is 6.42 Å². The highest BCUT2D eigenvalue weighted by Crippen LogP contribution is 2.42. The van der Waals surface area contributed by atoms with Crippen LogP contribution in [0.25, 0.3) is 0 Å². The molecule has 0 radical (unpaired) electrons. The Labute approximate surface area is 71.1 Å². The van der Waals surface area contributed by atoms with Crippen molar-refractivity contribution in [3.05, 3.63) is 0 Å². The third-order valence-corrected chi connectivity index (χ3v) is 2.46. The number of hydrogen-bond donors (Lipinski definition) is 1. The van der Waals surface area contributed by atoms with Crippen LogP contribution in [0.4, 0.5) is 8.78 Å². The highest BCUT2D eigenvalue weighted by molar-refractivity contribution is 5.04. The van der Waals surface area contributed by atoms with Gasteiger partial charge in [0.05, 0.1) is 0 Å². The topological polar surface area (TPSA) is 35.2 Å². The first kappa shape index (κ1) is 9.86. The number of ether oxygens (including phenoxy) is 1. The van der Waals surface area contributed by atoms with Gasteiger partial charge >= 0.3 is 0 Å². The summed E-state index contributed by atoms with van der Waals surface area (Å²) in [6.45, 7) is 1.95. The lowest BCUT2D eigenvalue weighted by Crippen LogP contribution is -2.26. The predicted molar refractivity (Wildman–Crippen MR) is 42.1 cm³/mol. The number of alkyl halides is 2. The van der Waals surface area contributed by atoms with E-state index in [0.29, 0.717) is 18.9 Å². The molecule has 2 nitrogen and oxygen atoms in total. The van der Waals surface area contributed by atoms with Crippen LogP contribution in [0.3, 0.4) is 0 Å². The SMILES string of the molecule is CC1CC1(N)CCOCC(F)F. The quantitative estimate of drug-likeness (QED) is 0.647. The van der Waals surface area contributed by atoms with Gasteiger partial charge in [0.25, 0.3) is 6.43 Å². The van der Waals surface area contributed by atoms with Gasteiger partial charge in [-0.3, -0.25) is 0 Å². The normalized spacial score (nSPS) is 34.2. The van der Waals surface area contributed by atoms with Gasteiger partial charge in [-0.15, -0.1) is 0 Å². The Bertz CT molecular complexity index is 154. The molecule has 0 aromatic carbocycles. The molecule has 4 heteroatoms. The van der Waals surface area contributed by atoms with Gasteiger partial charge in [0, 0.05) is 12.1 Å². The van der Waals surface area contributed by atoms with Crippen molar-refractivity contribution in [2.24, 2.45) is 11.7 Å². The summed E-state index contributed by atoms with van der Waals surface area (Å²) in [5.74, 6) is 0.521. The van der Waals surface area contributed by atoms with E-state index in [9.17, 15) is 8.78 Å². The van der Waals surface area contributed by atoms with Crippen molar-refractivity contribution in [2.75, 3.05) is 13.2 Å². The third kappa shape index (κ3) is 2.68. The molecule has 0 aromatic heterocycles. The molecule has 0 saturated heterocycles. The molecule has 2 N–H and O–H groups in total. The maximum Gasteiger partial charge on any atom is 0.261 e. The molecule has 2 unspecified atom stereocenters. The van der Waals surface area contributed by atoms with Gasteiger partial charge in [-0.1, -0.05) is 6.92 Å². The van der Waals surface area contributed by atoms with Crippen LogP contribution in [0.15, 0.2) is 0 Å². The van der Waals surface area contributed by atoms with E-state index in [4.69, 9.17) is 10.5 Å². The first-order valence-electron chi connectivity index (χ1n) is 4.19. The summed E-state index contributed by atoms with van der Waals surface area (Å²) in [5.41, 5.74) is 5.72. The van der Waals surface area contributed by atoms with Gasteiger partial charge in [0.2, 0.25) is 0 Å². The Hall–Kier alpha value is -0.220. The second kappa shape index (κ2) is 3.66. The monoisotopic (exact) mass is 179 g/mol. The molecule has 0 heterocycles. The lowest BCUT2D eigenvalue weighted by Gasteiger charge is -2.09. The zero-order valence-electron chi connectivity index (χ0n) is 7.22. The minimum Gasteiger partial charge on any atom is -0.375 e. The first-order valence-corrected chi connectivity index (χ1v) is 4.19. The fourth-order valence-electron chi connectivity index (χ4n) is 1.29. The molecule has 1 aliphatic carbocycles. The number of hydrogen-bond acceptors (Lipinski definition) is 2. The van der Waals surface area contributed by atoms with Gasteiger partial charge in [0.15, 0.2) is 0 Å². The van der Waals surface area contributed by atoms with Gasteiger partial charge in [-0.2, -0.15) is 0 Å². The van der Waals surface area contributed by atoms with Crippen molar-refractivity contribution in [3.8, 4) is 0 Å². The molecule has 72 valence electrons. The van der Waals surface area contributed by atoms with Crippen LogP contribution >= 0.6 is 0 Å². The smallest absolute Gasteiger partial charge is 0.261 e. The zero-order valence-corrected chi connectivity index (χ0v) is 7.22. The Morgan fingerprint density at radius 3 is 2.67 bits per heavy atom. The van der Waals surface area contributed by atoms with Crippen LogP contribution in [0.1, 0.15) is 19.8 Å². The predicted octanol–water partition coefficient (Wildman–Crippen LogP) is 1.40. The molecule has 1 rings (SSSR count). The molecule has 0 amide bonds. The zero-order chi connectivity index (χ0) is 9.19. The highest BCUT2D eigenvalue weighted by atomic mass is 19.3. The van der Waals surface area contributed by atoms with E-state index in [2.05, 4.69) is 6.92 Å². The van der Waals surface area contributed by atoms with Crippen molar-refractivity contribution in [2.45, 2.75) is 31.7 Å². The lowest BCUT2D eigenvalue weighted by molar-refractivity contribution is 0.0143. The molecular formula is C8H15F2NO. The van der Waals surface area contributed by atoms with E-state index in [1.807, 2.05) is 0 Å². The molecule has 12 heavy (non-hydrogen) atoms. The molecule has 0 bridgehead atoms. The summed E-state index contributed by atoms with van der Waals surface area (Å²) in [5, 5.41) is 0. The Balaban J connectivity index is 1.97. The van der Waals surface area contributed by atoms with E-state index in [1.165, 1.54) is 0 Å². The Morgan fingerprint density at radius 1 is 1.67 bits per heavy atom. The molecule has 2 atom stereocenters. The van der Waals surface area contributed by atoms with Crippen LogP contribution < -0.4 is 5.73 Å². The van der Waals surface area contributed by atoms with Gasteiger partial charge < -0.3 is 10.5 Å². The van der Waals surface area contributed by atoms with Crippen molar-refractivity contribution in [3.63, 3.8) is 0 Å². The van der Waals surface area contributed by atoms with Crippen LogP contribution in [0.2, 0.25) is 0 Å². The summed E-state index contributed by atoms with van der Waals surface area (Å²) >= 11 is 0. The first-order chi connectivity index (χ1) is 5.54. The molecular weight excluding hydrogens is 164 g/mol. The van der Waals surface area contributed by atoms with Crippen molar-refractivity contribution in [1.82, 2.24) is 0 Å². The average molecular weight is 179 g/mol. The van der Waals surface area contributed by atoms with Crippen LogP contribution in [-0.4, -0.2) is 25.2 Å². The molecule has 0 spiro atoms. The van der Waals surface area contributed by atoms with Crippen LogP contribution in [0.5, 0.6) is 0 Å². The Kier molecular flexibility index (Phi) is 3.01. The standard InChI is InChI=1S/C8H15F2NO/c1-6-4-8(6,11)2-3-12-5-7(9)10/h6-7H,2-5,11H2,1H3. The molecule has 1 fully saturated rings.